The molecule has 0 aliphatic heterocycles. The van der Waals surface area contributed by atoms with Crippen molar-refractivity contribution in [3.05, 3.63) is 63.9 Å². The summed E-state index contributed by atoms with van der Waals surface area (Å²) in [6.07, 6.45) is -0.328. The molecule has 1 atom stereocenters. The van der Waals surface area contributed by atoms with Gasteiger partial charge in [-0.3, -0.25) is 4.79 Å². The molecule has 0 N–H and O–H groups in total. The summed E-state index contributed by atoms with van der Waals surface area (Å²) in [5.41, 5.74) is 0.440. The SMILES string of the molecule is COc1ccc(OC(C)c2nnc(SCC(=O)c3ccc(Cl)cc3Cl)n2CC(C)C)cc1. The molecule has 0 bridgehead atoms. The molecule has 1 aromatic heterocycles. The predicted molar refractivity (Wildman–Crippen MR) is 128 cm³/mol. The van der Waals surface area contributed by atoms with Crippen LogP contribution in [0.5, 0.6) is 11.5 Å². The number of carbonyl (C=O) groups excluding carboxylic acids is 1. The zero-order valence-corrected chi connectivity index (χ0v) is 20.7. The van der Waals surface area contributed by atoms with Gasteiger partial charge in [0, 0.05) is 17.1 Å². The third kappa shape index (κ3) is 6.18. The van der Waals surface area contributed by atoms with E-state index >= 15 is 0 Å². The second kappa shape index (κ2) is 11.1. The molecular formula is C23H25Cl2N3O3S. The topological polar surface area (TPSA) is 66.2 Å². The summed E-state index contributed by atoms with van der Waals surface area (Å²) >= 11 is 13.4. The first-order valence-corrected chi connectivity index (χ1v) is 11.9. The highest BCUT2D eigenvalue weighted by atomic mass is 35.5. The highest BCUT2D eigenvalue weighted by Crippen LogP contribution is 2.28. The van der Waals surface area contributed by atoms with Crippen molar-refractivity contribution in [2.75, 3.05) is 12.9 Å². The highest BCUT2D eigenvalue weighted by molar-refractivity contribution is 7.99. The lowest BCUT2D eigenvalue weighted by Gasteiger charge is -2.18. The van der Waals surface area contributed by atoms with E-state index in [9.17, 15) is 4.79 Å². The van der Waals surface area contributed by atoms with Crippen molar-refractivity contribution >= 4 is 40.7 Å². The van der Waals surface area contributed by atoms with Crippen molar-refractivity contribution < 1.29 is 14.3 Å². The maximum Gasteiger partial charge on any atom is 0.191 e. The quantitative estimate of drug-likeness (QED) is 0.241. The smallest absolute Gasteiger partial charge is 0.191 e. The van der Waals surface area contributed by atoms with E-state index in [0.29, 0.717) is 44.8 Å². The van der Waals surface area contributed by atoms with Gasteiger partial charge in [-0.05, 0) is 55.3 Å². The molecule has 2 aromatic carbocycles. The monoisotopic (exact) mass is 493 g/mol. The molecular weight excluding hydrogens is 469 g/mol. The second-order valence-electron chi connectivity index (χ2n) is 7.62. The number of hydrogen-bond acceptors (Lipinski definition) is 6. The van der Waals surface area contributed by atoms with E-state index in [-0.39, 0.29) is 17.6 Å². The predicted octanol–water partition coefficient (Wildman–Crippen LogP) is 6.36. The van der Waals surface area contributed by atoms with Crippen molar-refractivity contribution in [1.29, 1.82) is 0 Å². The molecule has 1 heterocycles. The van der Waals surface area contributed by atoms with E-state index in [1.807, 2.05) is 35.8 Å². The molecule has 0 saturated carbocycles. The van der Waals surface area contributed by atoms with Gasteiger partial charge < -0.3 is 14.0 Å². The normalized spacial score (nSPS) is 12.1. The Labute approximate surface area is 202 Å². The van der Waals surface area contributed by atoms with Crippen LogP contribution in [0.3, 0.4) is 0 Å². The van der Waals surface area contributed by atoms with Gasteiger partial charge in [0.2, 0.25) is 0 Å². The van der Waals surface area contributed by atoms with Gasteiger partial charge in [0.05, 0.1) is 17.9 Å². The first kappa shape index (κ1) is 24.4. The summed E-state index contributed by atoms with van der Waals surface area (Å²) in [5.74, 6) is 2.62. The van der Waals surface area contributed by atoms with E-state index < -0.39 is 0 Å². The van der Waals surface area contributed by atoms with Crippen molar-refractivity contribution in [2.24, 2.45) is 5.92 Å². The van der Waals surface area contributed by atoms with E-state index in [4.69, 9.17) is 32.7 Å². The Morgan fingerprint density at radius 3 is 2.38 bits per heavy atom. The van der Waals surface area contributed by atoms with Crippen LogP contribution < -0.4 is 9.47 Å². The Bertz CT molecular complexity index is 1070. The minimum atomic E-state index is -0.328. The van der Waals surface area contributed by atoms with Crippen LogP contribution in [-0.4, -0.2) is 33.4 Å². The molecule has 6 nitrogen and oxygen atoms in total. The van der Waals surface area contributed by atoms with E-state index in [1.165, 1.54) is 11.8 Å². The van der Waals surface area contributed by atoms with Gasteiger partial charge in [-0.15, -0.1) is 10.2 Å². The molecule has 0 amide bonds. The molecule has 3 aromatic rings. The summed E-state index contributed by atoms with van der Waals surface area (Å²) in [6.45, 7) is 6.87. The summed E-state index contributed by atoms with van der Waals surface area (Å²) in [6, 6.07) is 12.3. The van der Waals surface area contributed by atoms with Gasteiger partial charge in [-0.25, -0.2) is 0 Å². The number of halogens is 2. The molecule has 0 radical (unpaired) electrons. The van der Waals surface area contributed by atoms with Gasteiger partial charge in [-0.1, -0.05) is 48.8 Å². The summed E-state index contributed by atoms with van der Waals surface area (Å²) < 4.78 is 13.3. The number of methoxy groups -OCH3 is 1. The van der Waals surface area contributed by atoms with Gasteiger partial charge in [-0.2, -0.15) is 0 Å². The minimum Gasteiger partial charge on any atom is -0.497 e. The number of nitrogens with zero attached hydrogens (tertiary/aromatic N) is 3. The number of benzene rings is 2. The van der Waals surface area contributed by atoms with Crippen LogP contribution in [0, 0.1) is 5.92 Å². The average molecular weight is 494 g/mol. The van der Waals surface area contributed by atoms with Crippen LogP contribution in [0.4, 0.5) is 0 Å². The first-order valence-electron chi connectivity index (χ1n) is 10.1. The summed E-state index contributed by atoms with van der Waals surface area (Å²) in [7, 11) is 1.62. The van der Waals surface area contributed by atoms with Crippen molar-refractivity contribution in [2.45, 2.75) is 38.6 Å². The lowest BCUT2D eigenvalue weighted by molar-refractivity contribution is 0.102. The van der Waals surface area contributed by atoms with Crippen molar-refractivity contribution in [1.82, 2.24) is 14.8 Å². The van der Waals surface area contributed by atoms with Gasteiger partial charge in [0.25, 0.3) is 0 Å². The van der Waals surface area contributed by atoms with Crippen LogP contribution in [0.2, 0.25) is 10.0 Å². The van der Waals surface area contributed by atoms with Crippen LogP contribution >= 0.6 is 35.0 Å². The van der Waals surface area contributed by atoms with E-state index in [0.717, 1.165) is 5.75 Å². The van der Waals surface area contributed by atoms with Crippen LogP contribution in [-0.2, 0) is 6.54 Å². The van der Waals surface area contributed by atoms with Gasteiger partial charge >= 0.3 is 0 Å². The standard InChI is InChI=1S/C23H25Cl2N3O3S/c1-14(2)12-28-22(15(3)31-18-8-6-17(30-4)7-9-18)26-27-23(28)32-13-21(29)19-10-5-16(24)11-20(19)25/h5-11,14-15H,12-13H2,1-4H3. The number of ether oxygens (including phenoxy) is 2. The number of ketones is 1. The fourth-order valence-corrected chi connectivity index (χ4v) is 4.43. The highest BCUT2D eigenvalue weighted by Gasteiger charge is 2.22. The molecule has 170 valence electrons. The third-order valence-corrected chi connectivity index (χ3v) is 6.11. The number of hydrogen-bond donors (Lipinski definition) is 0. The lowest BCUT2D eigenvalue weighted by Crippen LogP contribution is -2.15. The van der Waals surface area contributed by atoms with Crippen molar-refractivity contribution in [3.63, 3.8) is 0 Å². The molecule has 0 saturated heterocycles. The Kier molecular flexibility index (Phi) is 8.45. The first-order chi connectivity index (χ1) is 15.3. The molecule has 1 unspecified atom stereocenters. The number of thioether (sulfide) groups is 1. The molecule has 3 rings (SSSR count). The molecule has 0 fully saturated rings. The molecule has 0 spiro atoms. The number of Topliss-reactive ketones (excluding diaryl/α,β-unsaturated/α-hetero) is 1. The second-order valence-corrected chi connectivity index (χ2v) is 9.40. The zero-order chi connectivity index (χ0) is 23.3. The molecule has 0 aliphatic carbocycles. The molecule has 9 heteroatoms. The Morgan fingerprint density at radius 2 is 1.75 bits per heavy atom. The average Bonchev–Trinajstić information content (AvgIpc) is 3.14. The van der Waals surface area contributed by atoms with Gasteiger partial charge in [0.15, 0.2) is 22.9 Å². The van der Waals surface area contributed by atoms with Crippen LogP contribution in [0.15, 0.2) is 47.6 Å². The fourth-order valence-electron chi connectivity index (χ4n) is 3.08. The molecule has 0 aliphatic rings. The maximum atomic E-state index is 12.7. The number of aromatic nitrogens is 3. The minimum absolute atomic E-state index is 0.0974. The molecule has 32 heavy (non-hydrogen) atoms. The zero-order valence-electron chi connectivity index (χ0n) is 18.3. The Hall–Kier alpha value is -2.22. The number of rotatable bonds is 10. The van der Waals surface area contributed by atoms with Crippen molar-refractivity contribution in [3.8, 4) is 11.5 Å². The van der Waals surface area contributed by atoms with E-state index in [1.54, 1.807) is 25.3 Å². The number of carbonyl (C=O) groups is 1. The van der Waals surface area contributed by atoms with Crippen LogP contribution in [0.1, 0.15) is 43.1 Å². The van der Waals surface area contributed by atoms with Gasteiger partial charge in [0.1, 0.15) is 11.5 Å². The Balaban J connectivity index is 1.75. The summed E-state index contributed by atoms with van der Waals surface area (Å²) in [4.78, 5) is 12.7. The largest absolute Gasteiger partial charge is 0.497 e. The lowest BCUT2D eigenvalue weighted by atomic mass is 10.1. The maximum absolute atomic E-state index is 12.7. The fraction of sp³-hybridized carbons (Fsp3) is 0.348. The van der Waals surface area contributed by atoms with Crippen LogP contribution in [0.25, 0.3) is 0 Å². The Morgan fingerprint density at radius 1 is 1.06 bits per heavy atom. The third-order valence-electron chi connectivity index (χ3n) is 4.59. The van der Waals surface area contributed by atoms with E-state index in [2.05, 4.69) is 24.0 Å². The summed E-state index contributed by atoms with van der Waals surface area (Å²) in [5, 5.41) is 10.2.